The molecule has 172 valence electrons. The smallest absolute Gasteiger partial charge is 0.240 e. The van der Waals surface area contributed by atoms with Crippen LogP contribution in [-0.2, 0) is 30.8 Å². The number of sulfonamides is 1. The van der Waals surface area contributed by atoms with Crippen molar-refractivity contribution in [3.05, 3.63) is 60.2 Å². The summed E-state index contributed by atoms with van der Waals surface area (Å²) in [5.74, 6) is -0.708. The van der Waals surface area contributed by atoms with Crippen LogP contribution in [0.5, 0.6) is 0 Å². The molecule has 0 spiro atoms. The van der Waals surface area contributed by atoms with Crippen LogP contribution in [0.15, 0.2) is 59.5 Å². The molecule has 0 bridgehead atoms. The fourth-order valence-electron chi connectivity index (χ4n) is 3.65. The van der Waals surface area contributed by atoms with Crippen LogP contribution >= 0.6 is 0 Å². The fourth-order valence-corrected chi connectivity index (χ4v) is 4.88. The fraction of sp³-hybridized carbons (Fsp3) is 0.391. The number of anilines is 1. The van der Waals surface area contributed by atoms with Crippen molar-refractivity contribution in [2.24, 2.45) is 5.92 Å². The Morgan fingerprint density at radius 3 is 2.50 bits per heavy atom. The molecule has 1 aliphatic rings. The average Bonchev–Trinajstić information content (AvgIpc) is 3.14. The minimum absolute atomic E-state index is 0.0289. The van der Waals surface area contributed by atoms with Crippen LogP contribution in [-0.4, -0.2) is 58.0 Å². The predicted octanol–water partition coefficient (Wildman–Crippen LogP) is 2.03. The van der Waals surface area contributed by atoms with Gasteiger partial charge in [-0.3, -0.25) is 9.59 Å². The quantitative estimate of drug-likeness (QED) is 0.566. The molecule has 8 nitrogen and oxygen atoms in total. The summed E-state index contributed by atoms with van der Waals surface area (Å²) >= 11 is 0. The molecule has 0 radical (unpaired) electrons. The van der Waals surface area contributed by atoms with Crippen molar-refractivity contribution in [1.82, 2.24) is 9.62 Å². The Morgan fingerprint density at radius 1 is 1.16 bits per heavy atom. The van der Waals surface area contributed by atoms with Gasteiger partial charge in [-0.2, -0.15) is 0 Å². The van der Waals surface area contributed by atoms with E-state index in [9.17, 15) is 18.0 Å². The van der Waals surface area contributed by atoms with Gasteiger partial charge in [0.1, 0.15) is 0 Å². The van der Waals surface area contributed by atoms with E-state index in [1.165, 1.54) is 31.4 Å². The van der Waals surface area contributed by atoms with E-state index in [-0.39, 0.29) is 35.8 Å². The standard InChI is InChI=1S/C23H29N3O5S/c1-17(16-31-2)25-32(29,30)21-10-8-20(9-11-21)24-23(28)19-14-22(27)26(15-19)13-12-18-6-4-3-5-7-18/h3-11,17,19,25H,12-16H2,1-2H3,(H,24,28)/t17-,19+/m1/s1. The van der Waals surface area contributed by atoms with Crippen molar-refractivity contribution in [3.8, 4) is 0 Å². The highest BCUT2D eigenvalue weighted by atomic mass is 32.2. The molecular formula is C23H29N3O5S. The first-order valence-electron chi connectivity index (χ1n) is 10.5. The number of amides is 2. The van der Waals surface area contributed by atoms with Crippen LogP contribution < -0.4 is 10.0 Å². The lowest BCUT2D eigenvalue weighted by Gasteiger charge is -2.17. The van der Waals surface area contributed by atoms with E-state index >= 15 is 0 Å². The van der Waals surface area contributed by atoms with Gasteiger partial charge in [-0.05, 0) is 43.2 Å². The van der Waals surface area contributed by atoms with Crippen LogP contribution in [0.25, 0.3) is 0 Å². The highest BCUT2D eigenvalue weighted by Gasteiger charge is 2.34. The van der Waals surface area contributed by atoms with Gasteiger partial charge in [0.05, 0.1) is 17.4 Å². The number of hydrogen-bond donors (Lipinski definition) is 2. The lowest BCUT2D eigenvalue weighted by molar-refractivity contribution is -0.128. The van der Waals surface area contributed by atoms with Crippen LogP contribution in [0.1, 0.15) is 18.9 Å². The maximum absolute atomic E-state index is 12.6. The molecule has 9 heteroatoms. The van der Waals surface area contributed by atoms with Crippen molar-refractivity contribution >= 4 is 27.5 Å². The van der Waals surface area contributed by atoms with E-state index < -0.39 is 15.9 Å². The first-order valence-corrected chi connectivity index (χ1v) is 12.0. The summed E-state index contributed by atoms with van der Waals surface area (Å²) in [7, 11) is -2.18. The van der Waals surface area contributed by atoms with Crippen LogP contribution in [0.3, 0.4) is 0 Å². The average molecular weight is 460 g/mol. The summed E-state index contributed by atoms with van der Waals surface area (Å²) in [6, 6.07) is 15.5. The molecule has 1 fully saturated rings. The number of ether oxygens (including phenoxy) is 1. The second-order valence-corrected chi connectivity index (χ2v) is 9.68. The summed E-state index contributed by atoms with van der Waals surface area (Å²) in [6.07, 6.45) is 0.919. The van der Waals surface area contributed by atoms with E-state index in [1.807, 2.05) is 30.3 Å². The second kappa shape index (κ2) is 10.7. The third kappa shape index (κ3) is 6.38. The lowest BCUT2D eigenvalue weighted by atomic mass is 10.1. The molecule has 0 saturated carbocycles. The first kappa shape index (κ1) is 23.9. The number of nitrogens with one attached hydrogen (secondary N) is 2. The zero-order valence-electron chi connectivity index (χ0n) is 18.3. The third-order valence-electron chi connectivity index (χ3n) is 5.30. The Hall–Kier alpha value is -2.75. The summed E-state index contributed by atoms with van der Waals surface area (Å²) in [6.45, 7) is 2.93. The van der Waals surface area contributed by atoms with Crippen molar-refractivity contribution in [1.29, 1.82) is 0 Å². The summed E-state index contributed by atoms with van der Waals surface area (Å²) < 4.78 is 32.3. The second-order valence-electron chi connectivity index (χ2n) is 7.97. The molecule has 3 rings (SSSR count). The SMILES string of the molecule is COC[C@@H](C)NS(=O)(=O)c1ccc(NC(=O)[C@H]2CC(=O)N(CCc3ccccc3)C2)cc1. The van der Waals surface area contributed by atoms with E-state index in [0.717, 1.165) is 12.0 Å². The minimum atomic E-state index is -3.68. The molecule has 1 heterocycles. The minimum Gasteiger partial charge on any atom is -0.383 e. The third-order valence-corrected chi connectivity index (χ3v) is 6.91. The maximum atomic E-state index is 12.6. The monoisotopic (exact) mass is 459 g/mol. The van der Waals surface area contributed by atoms with Gasteiger partial charge in [0.15, 0.2) is 0 Å². The molecular weight excluding hydrogens is 430 g/mol. The molecule has 2 aromatic carbocycles. The predicted molar refractivity (Wildman–Crippen MR) is 122 cm³/mol. The highest BCUT2D eigenvalue weighted by molar-refractivity contribution is 7.89. The number of rotatable bonds is 10. The Bertz CT molecular complexity index is 1030. The van der Waals surface area contributed by atoms with Crippen LogP contribution in [0, 0.1) is 5.92 Å². The lowest BCUT2D eigenvalue weighted by Crippen LogP contribution is -2.35. The van der Waals surface area contributed by atoms with Crippen molar-refractivity contribution in [3.63, 3.8) is 0 Å². The highest BCUT2D eigenvalue weighted by Crippen LogP contribution is 2.21. The topological polar surface area (TPSA) is 105 Å². The van der Waals surface area contributed by atoms with Crippen LogP contribution in [0.4, 0.5) is 5.69 Å². The molecule has 1 aliphatic heterocycles. The zero-order chi connectivity index (χ0) is 23.1. The van der Waals surface area contributed by atoms with Gasteiger partial charge in [-0.25, -0.2) is 13.1 Å². The first-order chi connectivity index (χ1) is 15.3. The summed E-state index contributed by atoms with van der Waals surface area (Å²) in [4.78, 5) is 26.8. The number of hydrogen-bond acceptors (Lipinski definition) is 5. The van der Waals surface area contributed by atoms with Gasteiger partial charge < -0.3 is 15.0 Å². The van der Waals surface area contributed by atoms with Gasteiger partial charge in [0, 0.05) is 38.3 Å². The van der Waals surface area contributed by atoms with Gasteiger partial charge in [0.25, 0.3) is 0 Å². The van der Waals surface area contributed by atoms with Crippen molar-refractivity contribution < 1.29 is 22.7 Å². The molecule has 0 aliphatic carbocycles. The van der Waals surface area contributed by atoms with E-state index in [2.05, 4.69) is 10.0 Å². The largest absolute Gasteiger partial charge is 0.383 e. The van der Waals surface area contributed by atoms with Crippen LogP contribution in [0.2, 0.25) is 0 Å². The number of carbonyl (C=O) groups is 2. The van der Waals surface area contributed by atoms with Gasteiger partial charge >= 0.3 is 0 Å². The van der Waals surface area contributed by atoms with Crippen molar-refractivity contribution in [2.75, 3.05) is 32.1 Å². The molecule has 2 amide bonds. The molecule has 2 atom stereocenters. The number of carbonyl (C=O) groups excluding carboxylic acids is 2. The number of nitrogens with zero attached hydrogens (tertiary/aromatic N) is 1. The molecule has 0 aromatic heterocycles. The Kier molecular flexibility index (Phi) is 8.00. The number of benzene rings is 2. The maximum Gasteiger partial charge on any atom is 0.240 e. The Labute approximate surface area is 189 Å². The van der Waals surface area contributed by atoms with Gasteiger partial charge in [-0.1, -0.05) is 30.3 Å². The van der Waals surface area contributed by atoms with Crippen molar-refractivity contribution in [2.45, 2.75) is 30.7 Å². The normalized spacial score (nSPS) is 17.4. The Morgan fingerprint density at radius 2 is 1.84 bits per heavy atom. The molecule has 0 unspecified atom stereocenters. The van der Waals surface area contributed by atoms with Gasteiger partial charge in [0.2, 0.25) is 21.8 Å². The zero-order valence-corrected chi connectivity index (χ0v) is 19.1. The number of methoxy groups -OCH3 is 1. The molecule has 2 N–H and O–H groups in total. The van der Waals surface area contributed by atoms with E-state index in [1.54, 1.807) is 11.8 Å². The number of likely N-dealkylation sites (tertiary alicyclic amines) is 1. The van der Waals surface area contributed by atoms with Gasteiger partial charge in [-0.15, -0.1) is 0 Å². The summed E-state index contributed by atoms with van der Waals surface area (Å²) in [5, 5.41) is 2.79. The molecule has 2 aromatic rings. The molecule has 1 saturated heterocycles. The van der Waals surface area contributed by atoms with E-state index in [0.29, 0.717) is 18.8 Å². The molecule has 32 heavy (non-hydrogen) atoms. The Balaban J connectivity index is 1.54. The van der Waals surface area contributed by atoms with E-state index in [4.69, 9.17) is 4.74 Å². The summed E-state index contributed by atoms with van der Waals surface area (Å²) in [5.41, 5.74) is 1.63.